The molecule has 0 fully saturated rings. The second-order valence-corrected chi connectivity index (χ2v) is 9.53. The van der Waals surface area contributed by atoms with Crippen molar-refractivity contribution < 1.29 is 23.5 Å². The van der Waals surface area contributed by atoms with Gasteiger partial charge in [0.05, 0.1) is 12.0 Å². The quantitative estimate of drug-likeness (QED) is 0.329. The summed E-state index contributed by atoms with van der Waals surface area (Å²) in [7, 11) is 0. The van der Waals surface area contributed by atoms with Crippen molar-refractivity contribution in [1.29, 1.82) is 0 Å². The predicted molar refractivity (Wildman–Crippen MR) is 138 cm³/mol. The van der Waals surface area contributed by atoms with Crippen LogP contribution in [-0.2, 0) is 22.4 Å². The molecule has 0 bridgehead atoms. The van der Waals surface area contributed by atoms with Crippen LogP contribution >= 0.6 is 0 Å². The maximum atomic E-state index is 12.9. The maximum Gasteiger partial charge on any atom is 0.339 e. The van der Waals surface area contributed by atoms with Gasteiger partial charge in [-0.2, -0.15) is 0 Å². The van der Waals surface area contributed by atoms with Crippen LogP contribution in [0.1, 0.15) is 40.0 Å². The summed E-state index contributed by atoms with van der Waals surface area (Å²) < 4.78 is 11.5. The van der Waals surface area contributed by atoms with Crippen LogP contribution in [0.15, 0.2) is 50.2 Å². The molecule has 5 rings (SSSR count). The first-order chi connectivity index (χ1) is 17.7. The Morgan fingerprint density at radius 1 is 0.973 bits per heavy atom. The molecule has 1 amide bonds. The number of para-hydroxylation sites is 1. The molecule has 3 heterocycles. The fraction of sp³-hybridized carbons (Fsp3) is 0.276. The molecule has 0 unspecified atom stereocenters. The standard InChI is InChI=1S/C29H28N2O6/c1-14-17(4)36-26-16(3)27-22(12-21(14)26)15(2)19(29(35)37-27)9-10-25(32)31-24(28(33)34)11-18-13-30-23-8-6-5-7-20(18)23/h5-8,12-13,24,30H,9-11H2,1-4H3,(H,31,32)(H,33,34)/p-1/t24-/m0/s1. The number of aliphatic carboxylic acids is 1. The van der Waals surface area contributed by atoms with Crippen molar-refractivity contribution in [3.63, 3.8) is 0 Å². The van der Waals surface area contributed by atoms with Crippen LogP contribution in [0.25, 0.3) is 32.8 Å². The highest BCUT2D eigenvalue weighted by Gasteiger charge is 2.21. The summed E-state index contributed by atoms with van der Waals surface area (Å²) in [6, 6.07) is 8.28. The van der Waals surface area contributed by atoms with Gasteiger partial charge >= 0.3 is 5.63 Å². The Bertz CT molecular complexity index is 1750. The summed E-state index contributed by atoms with van der Waals surface area (Å²) in [6.07, 6.45) is 1.86. The molecule has 0 spiro atoms. The fourth-order valence-electron chi connectivity index (χ4n) is 5.00. The summed E-state index contributed by atoms with van der Waals surface area (Å²) in [4.78, 5) is 40.5. The zero-order chi connectivity index (χ0) is 26.4. The molecule has 0 aliphatic carbocycles. The van der Waals surface area contributed by atoms with Crippen LogP contribution in [0.2, 0.25) is 0 Å². The minimum atomic E-state index is -1.37. The number of aromatic amines is 1. The largest absolute Gasteiger partial charge is 0.548 e. The van der Waals surface area contributed by atoms with Gasteiger partial charge in [0.1, 0.15) is 16.9 Å². The first-order valence-corrected chi connectivity index (χ1v) is 12.2. The van der Waals surface area contributed by atoms with E-state index in [0.717, 1.165) is 49.7 Å². The minimum absolute atomic E-state index is 0.0696. The van der Waals surface area contributed by atoms with Gasteiger partial charge in [-0.25, -0.2) is 4.79 Å². The van der Waals surface area contributed by atoms with Crippen LogP contribution in [0.5, 0.6) is 0 Å². The van der Waals surface area contributed by atoms with E-state index in [9.17, 15) is 19.5 Å². The summed E-state index contributed by atoms with van der Waals surface area (Å²) >= 11 is 0. The van der Waals surface area contributed by atoms with Crippen molar-refractivity contribution in [2.45, 2.75) is 53.0 Å². The molecule has 3 aromatic heterocycles. The van der Waals surface area contributed by atoms with E-state index in [0.29, 0.717) is 16.7 Å². The zero-order valence-electron chi connectivity index (χ0n) is 21.1. The van der Waals surface area contributed by atoms with Gasteiger partial charge in [0.15, 0.2) is 0 Å². The number of furan rings is 1. The highest BCUT2D eigenvalue weighted by Crippen LogP contribution is 2.34. The van der Waals surface area contributed by atoms with E-state index in [2.05, 4.69) is 10.3 Å². The summed E-state index contributed by atoms with van der Waals surface area (Å²) in [5, 5.41) is 17.0. The molecular weight excluding hydrogens is 472 g/mol. The number of nitrogens with one attached hydrogen (secondary N) is 2. The molecule has 190 valence electrons. The molecule has 8 heteroatoms. The number of aryl methyl sites for hydroxylation is 4. The van der Waals surface area contributed by atoms with Gasteiger partial charge in [0.2, 0.25) is 5.91 Å². The monoisotopic (exact) mass is 499 g/mol. The van der Waals surface area contributed by atoms with Gasteiger partial charge < -0.3 is 29.0 Å². The molecule has 0 saturated carbocycles. The van der Waals surface area contributed by atoms with Gasteiger partial charge in [-0.1, -0.05) is 18.2 Å². The predicted octanol–water partition coefficient (Wildman–Crippen LogP) is 3.66. The normalized spacial score (nSPS) is 12.4. The smallest absolute Gasteiger partial charge is 0.339 e. The van der Waals surface area contributed by atoms with Gasteiger partial charge in [-0.05, 0) is 62.9 Å². The molecule has 0 saturated heterocycles. The number of rotatable bonds is 7. The van der Waals surface area contributed by atoms with Crippen molar-refractivity contribution in [3.05, 3.63) is 80.5 Å². The van der Waals surface area contributed by atoms with E-state index in [1.807, 2.05) is 58.0 Å². The molecule has 37 heavy (non-hydrogen) atoms. The lowest BCUT2D eigenvalue weighted by Crippen LogP contribution is -2.49. The van der Waals surface area contributed by atoms with E-state index in [1.165, 1.54) is 0 Å². The van der Waals surface area contributed by atoms with Crippen LogP contribution in [0, 0.1) is 27.7 Å². The first-order valence-electron chi connectivity index (χ1n) is 12.2. The zero-order valence-corrected chi connectivity index (χ0v) is 21.1. The van der Waals surface area contributed by atoms with Crippen molar-refractivity contribution >= 4 is 44.7 Å². The highest BCUT2D eigenvalue weighted by atomic mass is 16.4. The van der Waals surface area contributed by atoms with Gasteiger partial charge in [0.25, 0.3) is 0 Å². The number of H-pyrrole nitrogens is 1. The van der Waals surface area contributed by atoms with Crippen molar-refractivity contribution in [2.24, 2.45) is 0 Å². The van der Waals surface area contributed by atoms with Crippen LogP contribution in [0.3, 0.4) is 0 Å². The van der Waals surface area contributed by atoms with Gasteiger partial charge in [-0.3, -0.25) is 4.79 Å². The number of carboxylic acid groups (broad SMARTS) is 1. The van der Waals surface area contributed by atoms with Crippen molar-refractivity contribution in [1.82, 2.24) is 10.3 Å². The van der Waals surface area contributed by atoms with Gasteiger partial charge in [-0.15, -0.1) is 0 Å². The van der Waals surface area contributed by atoms with Crippen LogP contribution < -0.4 is 16.0 Å². The van der Waals surface area contributed by atoms with Crippen molar-refractivity contribution in [3.8, 4) is 0 Å². The summed E-state index contributed by atoms with van der Waals surface area (Å²) in [6.45, 7) is 7.57. The number of hydrogen-bond donors (Lipinski definition) is 2. The van der Waals surface area contributed by atoms with E-state index < -0.39 is 23.5 Å². The third-order valence-electron chi connectivity index (χ3n) is 7.26. The molecule has 5 aromatic rings. The molecular formula is C29H27N2O6-. The third kappa shape index (κ3) is 4.28. The number of aromatic nitrogens is 1. The topological polar surface area (TPSA) is 128 Å². The van der Waals surface area contributed by atoms with E-state index >= 15 is 0 Å². The molecule has 8 nitrogen and oxygen atoms in total. The Morgan fingerprint density at radius 3 is 2.43 bits per heavy atom. The summed E-state index contributed by atoms with van der Waals surface area (Å²) in [5.74, 6) is -1.05. The second kappa shape index (κ2) is 9.28. The third-order valence-corrected chi connectivity index (χ3v) is 7.26. The fourth-order valence-corrected chi connectivity index (χ4v) is 5.00. The average molecular weight is 500 g/mol. The molecule has 2 N–H and O–H groups in total. The molecule has 1 atom stereocenters. The Labute approximate surface area is 212 Å². The van der Waals surface area contributed by atoms with E-state index in [4.69, 9.17) is 8.83 Å². The van der Waals surface area contributed by atoms with Gasteiger partial charge in [0, 0.05) is 51.8 Å². The SMILES string of the molecule is Cc1oc2c(C)c3oc(=O)c(CCC(=O)N[C@@H](Cc4c[nH]c5ccccc45)C(=O)[O-])c(C)c3cc2c1C. The Hall–Kier alpha value is -4.33. The molecule has 0 aliphatic rings. The maximum absolute atomic E-state index is 12.9. The second-order valence-electron chi connectivity index (χ2n) is 9.53. The van der Waals surface area contributed by atoms with E-state index in [1.54, 1.807) is 6.20 Å². The first kappa shape index (κ1) is 24.4. The number of hydrogen-bond acceptors (Lipinski definition) is 6. The number of carboxylic acids is 1. The Balaban J connectivity index is 1.37. The number of benzene rings is 2. The number of fused-ring (bicyclic) bond motifs is 3. The number of amides is 1. The van der Waals surface area contributed by atoms with Crippen LogP contribution in [0.4, 0.5) is 0 Å². The van der Waals surface area contributed by atoms with Crippen molar-refractivity contribution in [2.75, 3.05) is 0 Å². The Kier molecular flexibility index (Phi) is 6.11. The highest BCUT2D eigenvalue weighted by molar-refractivity contribution is 6.00. The number of carbonyl (C=O) groups excluding carboxylic acids is 2. The molecule has 0 radical (unpaired) electrons. The lowest BCUT2D eigenvalue weighted by Gasteiger charge is -2.19. The summed E-state index contributed by atoms with van der Waals surface area (Å²) in [5.41, 5.74) is 5.19. The number of carbonyl (C=O) groups is 2. The lowest BCUT2D eigenvalue weighted by molar-refractivity contribution is -0.308. The molecule has 0 aliphatic heterocycles. The Morgan fingerprint density at radius 2 is 1.68 bits per heavy atom. The lowest BCUT2D eigenvalue weighted by atomic mass is 9.98. The minimum Gasteiger partial charge on any atom is -0.548 e. The molecule has 2 aromatic carbocycles. The van der Waals surface area contributed by atoms with E-state index in [-0.39, 0.29) is 19.3 Å². The average Bonchev–Trinajstić information content (AvgIpc) is 3.40. The van der Waals surface area contributed by atoms with Crippen LogP contribution in [-0.4, -0.2) is 22.9 Å².